The van der Waals surface area contributed by atoms with Gasteiger partial charge in [0.2, 0.25) is 5.91 Å². The Morgan fingerprint density at radius 2 is 1.47 bits per heavy atom. The third-order valence-electron chi connectivity index (χ3n) is 7.13. The first kappa shape index (κ1) is 24.0. The maximum atomic E-state index is 13.7. The highest BCUT2D eigenvalue weighted by atomic mass is 16.2. The molecule has 6 heteroatoms. The molecule has 0 bridgehead atoms. The van der Waals surface area contributed by atoms with Crippen LogP contribution in [0.5, 0.6) is 0 Å². The predicted octanol–water partition coefficient (Wildman–Crippen LogP) is 6.04. The van der Waals surface area contributed by atoms with Crippen LogP contribution < -0.4 is 10.2 Å². The van der Waals surface area contributed by atoms with Gasteiger partial charge >= 0.3 is 6.03 Å². The summed E-state index contributed by atoms with van der Waals surface area (Å²) in [5.74, 6) is -0.152. The zero-order chi connectivity index (χ0) is 24.5. The molecule has 0 unspecified atom stereocenters. The molecule has 1 spiro atoms. The van der Waals surface area contributed by atoms with Crippen LogP contribution in [-0.4, -0.2) is 34.8 Å². The zero-order valence-electron chi connectivity index (χ0n) is 20.6. The molecule has 2 aliphatic rings. The lowest BCUT2D eigenvalue weighted by atomic mass is 9.80. The molecule has 1 saturated carbocycles. The van der Waals surface area contributed by atoms with Crippen molar-refractivity contribution in [2.75, 3.05) is 16.8 Å². The SMILES string of the molecule is CC(C)c1cccc(C(C)C)c1NC(=O)CN1C(=O)N(c2ccccc2)C2(CCCCC2)C1=O. The van der Waals surface area contributed by atoms with Gasteiger partial charge in [0, 0.05) is 11.4 Å². The van der Waals surface area contributed by atoms with Crippen LogP contribution in [0.3, 0.4) is 0 Å². The molecule has 1 aliphatic carbocycles. The van der Waals surface area contributed by atoms with E-state index in [9.17, 15) is 14.4 Å². The van der Waals surface area contributed by atoms with Crippen molar-refractivity contribution in [1.29, 1.82) is 0 Å². The first-order valence-electron chi connectivity index (χ1n) is 12.4. The number of nitrogens with zero attached hydrogens (tertiary/aromatic N) is 2. The Balaban J connectivity index is 1.63. The number of hydrogen-bond donors (Lipinski definition) is 1. The van der Waals surface area contributed by atoms with Gasteiger partial charge in [-0.05, 0) is 47.9 Å². The summed E-state index contributed by atoms with van der Waals surface area (Å²) in [7, 11) is 0. The van der Waals surface area contributed by atoms with E-state index >= 15 is 0 Å². The predicted molar refractivity (Wildman–Crippen MR) is 135 cm³/mol. The van der Waals surface area contributed by atoms with Gasteiger partial charge in [0.25, 0.3) is 5.91 Å². The van der Waals surface area contributed by atoms with E-state index in [1.165, 1.54) is 0 Å². The van der Waals surface area contributed by atoms with Crippen molar-refractivity contribution in [3.05, 3.63) is 59.7 Å². The topological polar surface area (TPSA) is 69.7 Å². The van der Waals surface area contributed by atoms with E-state index in [-0.39, 0.29) is 30.2 Å². The van der Waals surface area contributed by atoms with E-state index in [1.807, 2.05) is 48.5 Å². The first-order valence-corrected chi connectivity index (χ1v) is 12.4. The molecular formula is C28H35N3O3. The Morgan fingerprint density at radius 3 is 2.03 bits per heavy atom. The second kappa shape index (κ2) is 9.61. The van der Waals surface area contributed by atoms with Gasteiger partial charge in [-0.2, -0.15) is 0 Å². The van der Waals surface area contributed by atoms with Gasteiger partial charge in [0.05, 0.1) is 0 Å². The Bertz CT molecular complexity index is 1050. The Hall–Kier alpha value is -3.15. The van der Waals surface area contributed by atoms with Crippen molar-refractivity contribution in [3.63, 3.8) is 0 Å². The summed E-state index contributed by atoms with van der Waals surface area (Å²) in [6, 6.07) is 15.0. The lowest BCUT2D eigenvalue weighted by Crippen LogP contribution is -2.51. The average molecular weight is 462 g/mol. The maximum Gasteiger partial charge on any atom is 0.332 e. The van der Waals surface area contributed by atoms with Crippen LogP contribution in [0, 0.1) is 0 Å². The smallest absolute Gasteiger partial charge is 0.324 e. The van der Waals surface area contributed by atoms with Crippen LogP contribution >= 0.6 is 0 Å². The van der Waals surface area contributed by atoms with E-state index in [4.69, 9.17) is 0 Å². The van der Waals surface area contributed by atoms with Gasteiger partial charge in [-0.15, -0.1) is 0 Å². The number of imide groups is 1. The van der Waals surface area contributed by atoms with Crippen molar-refractivity contribution in [2.45, 2.75) is 77.2 Å². The first-order chi connectivity index (χ1) is 16.3. The van der Waals surface area contributed by atoms with Crippen LogP contribution in [0.15, 0.2) is 48.5 Å². The number of rotatable bonds is 6. The molecule has 0 aromatic heterocycles. The van der Waals surface area contributed by atoms with Gasteiger partial charge in [0.1, 0.15) is 12.1 Å². The van der Waals surface area contributed by atoms with Crippen LogP contribution in [0.25, 0.3) is 0 Å². The Morgan fingerprint density at radius 1 is 0.882 bits per heavy atom. The zero-order valence-corrected chi connectivity index (χ0v) is 20.6. The number of benzene rings is 2. The van der Waals surface area contributed by atoms with Crippen LogP contribution in [0.2, 0.25) is 0 Å². The van der Waals surface area contributed by atoms with E-state index in [2.05, 4.69) is 33.0 Å². The number of amides is 4. The molecule has 4 rings (SSSR count). The van der Waals surface area contributed by atoms with Crippen LogP contribution in [0.4, 0.5) is 16.2 Å². The Labute approximate surface area is 202 Å². The minimum absolute atomic E-state index is 0.225. The molecule has 1 aliphatic heterocycles. The lowest BCUT2D eigenvalue weighted by molar-refractivity contribution is -0.134. The van der Waals surface area contributed by atoms with Gasteiger partial charge < -0.3 is 5.32 Å². The molecule has 180 valence electrons. The van der Waals surface area contributed by atoms with Crippen molar-refractivity contribution in [1.82, 2.24) is 4.90 Å². The van der Waals surface area contributed by atoms with Gasteiger partial charge in [-0.25, -0.2) is 4.79 Å². The molecule has 1 heterocycles. The van der Waals surface area contributed by atoms with Gasteiger partial charge in [-0.1, -0.05) is 83.4 Å². The largest absolute Gasteiger partial charge is 0.332 e. The number of hydrogen-bond acceptors (Lipinski definition) is 3. The fourth-order valence-corrected chi connectivity index (χ4v) is 5.40. The molecule has 0 radical (unpaired) electrons. The molecule has 6 nitrogen and oxygen atoms in total. The molecule has 2 fully saturated rings. The average Bonchev–Trinajstić information content (AvgIpc) is 3.01. The molecule has 1 saturated heterocycles. The van der Waals surface area contributed by atoms with E-state index in [1.54, 1.807) is 4.90 Å². The number of nitrogens with one attached hydrogen (secondary N) is 1. The van der Waals surface area contributed by atoms with Crippen molar-refractivity contribution >= 4 is 29.2 Å². The number of carbonyl (C=O) groups is 3. The molecule has 1 N–H and O–H groups in total. The minimum Gasteiger partial charge on any atom is -0.324 e. The highest BCUT2D eigenvalue weighted by molar-refractivity contribution is 6.18. The molecule has 0 atom stereocenters. The molecule has 2 aromatic carbocycles. The highest BCUT2D eigenvalue weighted by Gasteiger charge is 2.58. The van der Waals surface area contributed by atoms with Gasteiger partial charge in [0.15, 0.2) is 0 Å². The highest BCUT2D eigenvalue weighted by Crippen LogP contribution is 2.43. The second-order valence-electron chi connectivity index (χ2n) is 10.1. The summed E-state index contributed by atoms with van der Waals surface area (Å²) in [6.45, 7) is 8.08. The quantitative estimate of drug-likeness (QED) is 0.533. The molecule has 4 amide bonds. The fraction of sp³-hybridized carbons (Fsp3) is 0.464. The fourth-order valence-electron chi connectivity index (χ4n) is 5.40. The van der Waals surface area contributed by atoms with E-state index in [0.717, 1.165) is 41.0 Å². The summed E-state index contributed by atoms with van der Waals surface area (Å²) >= 11 is 0. The van der Waals surface area contributed by atoms with Crippen LogP contribution in [0.1, 0.15) is 82.8 Å². The Kier molecular flexibility index (Phi) is 6.78. The standard InChI is InChI=1S/C28H35N3O3/c1-19(2)22-14-11-15-23(20(3)4)25(22)29-24(32)18-30-26(33)28(16-9-6-10-17-28)31(27(30)34)21-12-7-5-8-13-21/h5,7-8,11-15,19-20H,6,9-10,16-18H2,1-4H3,(H,29,32). The number of anilines is 2. The number of carbonyl (C=O) groups excluding carboxylic acids is 3. The normalized spacial score (nSPS) is 17.8. The summed E-state index contributed by atoms with van der Waals surface area (Å²) in [5.41, 5.74) is 2.71. The van der Waals surface area contributed by atoms with E-state index < -0.39 is 11.6 Å². The maximum absolute atomic E-state index is 13.7. The number of para-hydroxylation sites is 2. The third kappa shape index (κ3) is 4.22. The van der Waals surface area contributed by atoms with Gasteiger partial charge in [-0.3, -0.25) is 19.4 Å². The third-order valence-corrected chi connectivity index (χ3v) is 7.13. The van der Waals surface area contributed by atoms with Crippen molar-refractivity contribution < 1.29 is 14.4 Å². The summed E-state index contributed by atoms with van der Waals surface area (Å²) in [6.07, 6.45) is 4.08. The van der Waals surface area contributed by atoms with E-state index in [0.29, 0.717) is 18.5 Å². The van der Waals surface area contributed by atoms with Crippen molar-refractivity contribution in [3.8, 4) is 0 Å². The number of urea groups is 1. The minimum atomic E-state index is -0.893. The lowest BCUT2D eigenvalue weighted by Gasteiger charge is -2.38. The summed E-state index contributed by atoms with van der Waals surface area (Å²) < 4.78 is 0. The molecular weight excluding hydrogens is 426 g/mol. The summed E-state index contributed by atoms with van der Waals surface area (Å²) in [5, 5.41) is 3.05. The monoisotopic (exact) mass is 461 g/mol. The van der Waals surface area contributed by atoms with Crippen molar-refractivity contribution in [2.24, 2.45) is 0 Å². The second-order valence-corrected chi connectivity index (χ2v) is 10.1. The summed E-state index contributed by atoms with van der Waals surface area (Å²) in [4.78, 5) is 43.3. The molecule has 2 aromatic rings. The molecule has 34 heavy (non-hydrogen) atoms. The van der Waals surface area contributed by atoms with Crippen LogP contribution in [-0.2, 0) is 9.59 Å².